The molecule has 0 amide bonds. The van der Waals surface area contributed by atoms with Crippen LogP contribution in [0.15, 0.2) is 42.5 Å². The minimum Gasteiger partial charge on any atom is -0.327 e. The Labute approximate surface area is 177 Å². The predicted octanol–water partition coefficient (Wildman–Crippen LogP) is 7.44. The molecule has 0 fully saturated rings. The predicted molar refractivity (Wildman–Crippen MR) is 122 cm³/mol. The van der Waals surface area contributed by atoms with Gasteiger partial charge in [0.05, 0.1) is 5.92 Å². The molecule has 0 aliphatic carbocycles. The molecule has 0 saturated heterocycles. The van der Waals surface area contributed by atoms with E-state index in [2.05, 4.69) is 49.4 Å². The smallest absolute Gasteiger partial charge is 0.290 e. The van der Waals surface area contributed by atoms with Crippen LogP contribution in [0, 0.1) is 0 Å². The summed E-state index contributed by atoms with van der Waals surface area (Å²) in [6.45, 7) is 9.96. The number of benzene rings is 2. The SMILES string of the molecule is CCCCCCCCC(c1cccc2ccccc12)C(OCC)(OCC)OCC. The van der Waals surface area contributed by atoms with Gasteiger partial charge in [0.25, 0.3) is 5.97 Å². The number of hydrogen-bond donors (Lipinski definition) is 0. The minimum atomic E-state index is -1.04. The molecule has 0 saturated carbocycles. The molecule has 0 spiro atoms. The van der Waals surface area contributed by atoms with E-state index in [4.69, 9.17) is 14.2 Å². The summed E-state index contributed by atoms with van der Waals surface area (Å²) in [6, 6.07) is 15.1. The van der Waals surface area contributed by atoms with Crippen LogP contribution in [0.1, 0.15) is 84.1 Å². The Bertz CT molecular complexity index is 675. The molecule has 0 aromatic heterocycles. The first kappa shape index (κ1) is 23.9. The molecule has 0 aliphatic rings. The van der Waals surface area contributed by atoms with Crippen LogP contribution in [0.4, 0.5) is 0 Å². The number of unbranched alkanes of at least 4 members (excludes halogenated alkanes) is 5. The van der Waals surface area contributed by atoms with E-state index in [-0.39, 0.29) is 5.92 Å². The zero-order valence-corrected chi connectivity index (χ0v) is 18.9. The highest BCUT2D eigenvalue weighted by Crippen LogP contribution is 2.41. The van der Waals surface area contributed by atoms with E-state index < -0.39 is 5.97 Å². The maximum atomic E-state index is 6.23. The Hall–Kier alpha value is -1.42. The molecular formula is C26H40O3. The molecule has 3 nitrogen and oxygen atoms in total. The fourth-order valence-electron chi connectivity index (χ4n) is 4.24. The lowest BCUT2D eigenvalue weighted by molar-refractivity contribution is -0.389. The zero-order chi connectivity index (χ0) is 21.0. The van der Waals surface area contributed by atoms with Gasteiger partial charge in [-0.1, -0.05) is 87.9 Å². The van der Waals surface area contributed by atoms with Crippen molar-refractivity contribution in [3.63, 3.8) is 0 Å². The van der Waals surface area contributed by atoms with Gasteiger partial charge in [-0.15, -0.1) is 0 Å². The van der Waals surface area contributed by atoms with Crippen LogP contribution < -0.4 is 0 Å². The van der Waals surface area contributed by atoms with Crippen molar-refractivity contribution >= 4 is 10.8 Å². The molecule has 1 unspecified atom stereocenters. The van der Waals surface area contributed by atoms with E-state index in [0.717, 1.165) is 12.8 Å². The average Bonchev–Trinajstić information content (AvgIpc) is 2.73. The van der Waals surface area contributed by atoms with Crippen molar-refractivity contribution in [3.05, 3.63) is 48.0 Å². The summed E-state index contributed by atoms with van der Waals surface area (Å²) in [5.74, 6) is -1.01. The second-order valence-corrected chi connectivity index (χ2v) is 7.58. The normalized spacial score (nSPS) is 13.1. The van der Waals surface area contributed by atoms with Crippen molar-refractivity contribution in [3.8, 4) is 0 Å². The lowest BCUT2D eigenvalue weighted by atomic mass is 9.87. The van der Waals surface area contributed by atoms with Crippen molar-refractivity contribution in [2.24, 2.45) is 0 Å². The van der Waals surface area contributed by atoms with Crippen LogP contribution in [0.25, 0.3) is 10.8 Å². The molecule has 0 radical (unpaired) electrons. The zero-order valence-electron chi connectivity index (χ0n) is 18.9. The van der Waals surface area contributed by atoms with Crippen molar-refractivity contribution in [2.45, 2.75) is 84.5 Å². The lowest BCUT2D eigenvalue weighted by Crippen LogP contribution is -2.45. The van der Waals surface area contributed by atoms with Crippen LogP contribution in [-0.4, -0.2) is 25.8 Å². The first-order valence-corrected chi connectivity index (χ1v) is 11.6. The summed E-state index contributed by atoms with van der Waals surface area (Å²) in [5.41, 5.74) is 1.26. The molecule has 162 valence electrons. The summed E-state index contributed by atoms with van der Waals surface area (Å²) >= 11 is 0. The second-order valence-electron chi connectivity index (χ2n) is 7.58. The van der Waals surface area contributed by atoms with Gasteiger partial charge < -0.3 is 14.2 Å². The Morgan fingerprint density at radius 3 is 1.93 bits per heavy atom. The van der Waals surface area contributed by atoms with Crippen molar-refractivity contribution in [2.75, 3.05) is 19.8 Å². The number of ether oxygens (including phenoxy) is 3. The van der Waals surface area contributed by atoms with Crippen LogP contribution in [0.3, 0.4) is 0 Å². The Morgan fingerprint density at radius 1 is 0.690 bits per heavy atom. The molecule has 0 bridgehead atoms. The highest BCUT2D eigenvalue weighted by atomic mass is 16.9. The van der Waals surface area contributed by atoms with Gasteiger partial charge in [0.15, 0.2) is 0 Å². The van der Waals surface area contributed by atoms with Crippen LogP contribution in [-0.2, 0) is 14.2 Å². The van der Waals surface area contributed by atoms with Gasteiger partial charge in [-0.3, -0.25) is 0 Å². The molecule has 0 aliphatic heterocycles. The maximum Gasteiger partial charge on any atom is 0.290 e. The molecule has 2 rings (SSSR count). The highest BCUT2D eigenvalue weighted by Gasteiger charge is 2.43. The van der Waals surface area contributed by atoms with Crippen LogP contribution in [0.5, 0.6) is 0 Å². The first-order chi connectivity index (χ1) is 14.2. The molecule has 3 heteroatoms. The largest absolute Gasteiger partial charge is 0.327 e. The molecule has 0 N–H and O–H groups in total. The summed E-state index contributed by atoms with van der Waals surface area (Å²) in [5, 5.41) is 2.51. The molecule has 2 aromatic carbocycles. The standard InChI is InChI=1S/C26H40O3/c1-5-9-10-11-12-13-21-25(26(27-6-2,28-7-3)29-8-4)24-20-16-18-22-17-14-15-19-23(22)24/h14-20,25H,5-13,21H2,1-4H3. The third-order valence-electron chi connectivity index (χ3n) is 5.51. The Morgan fingerprint density at radius 2 is 1.28 bits per heavy atom. The van der Waals surface area contributed by atoms with Crippen molar-refractivity contribution < 1.29 is 14.2 Å². The fraction of sp³-hybridized carbons (Fsp3) is 0.615. The highest BCUT2D eigenvalue weighted by molar-refractivity contribution is 5.86. The van der Waals surface area contributed by atoms with Gasteiger partial charge in [-0.25, -0.2) is 0 Å². The molecule has 0 heterocycles. The Balaban J connectivity index is 2.37. The van der Waals surface area contributed by atoms with E-state index in [1.165, 1.54) is 48.4 Å². The van der Waals surface area contributed by atoms with Gasteiger partial charge in [0.2, 0.25) is 0 Å². The molecule has 2 aromatic rings. The molecule has 29 heavy (non-hydrogen) atoms. The van der Waals surface area contributed by atoms with Gasteiger partial charge in [0, 0.05) is 19.8 Å². The maximum absolute atomic E-state index is 6.23. The summed E-state index contributed by atoms with van der Waals surface area (Å²) in [7, 11) is 0. The monoisotopic (exact) mass is 400 g/mol. The Kier molecular flexibility index (Phi) is 10.7. The topological polar surface area (TPSA) is 27.7 Å². The number of fused-ring (bicyclic) bond motifs is 1. The third kappa shape index (κ3) is 6.53. The van der Waals surface area contributed by atoms with E-state index >= 15 is 0 Å². The van der Waals surface area contributed by atoms with E-state index in [1.54, 1.807) is 0 Å². The quantitative estimate of drug-likeness (QED) is 0.230. The summed E-state index contributed by atoms with van der Waals surface area (Å²) < 4.78 is 18.7. The fourth-order valence-corrected chi connectivity index (χ4v) is 4.24. The first-order valence-electron chi connectivity index (χ1n) is 11.6. The van der Waals surface area contributed by atoms with E-state index in [0.29, 0.717) is 19.8 Å². The van der Waals surface area contributed by atoms with Gasteiger partial charge >= 0.3 is 0 Å². The second kappa shape index (κ2) is 13.0. The van der Waals surface area contributed by atoms with Crippen LogP contribution >= 0.6 is 0 Å². The van der Waals surface area contributed by atoms with E-state index in [1.807, 2.05) is 20.8 Å². The summed E-state index contributed by atoms with van der Waals surface area (Å²) in [6.07, 6.45) is 8.59. The number of rotatable bonds is 15. The average molecular weight is 401 g/mol. The van der Waals surface area contributed by atoms with Crippen molar-refractivity contribution in [1.82, 2.24) is 0 Å². The molecule has 1 atom stereocenters. The van der Waals surface area contributed by atoms with E-state index in [9.17, 15) is 0 Å². The van der Waals surface area contributed by atoms with Gasteiger partial charge in [-0.05, 0) is 43.5 Å². The van der Waals surface area contributed by atoms with Crippen LogP contribution in [0.2, 0.25) is 0 Å². The lowest BCUT2D eigenvalue weighted by Gasteiger charge is -2.39. The minimum absolute atomic E-state index is 0.0274. The van der Waals surface area contributed by atoms with Crippen molar-refractivity contribution in [1.29, 1.82) is 0 Å². The van der Waals surface area contributed by atoms with Gasteiger partial charge in [-0.2, -0.15) is 0 Å². The number of hydrogen-bond acceptors (Lipinski definition) is 3. The van der Waals surface area contributed by atoms with Gasteiger partial charge in [0.1, 0.15) is 0 Å². The third-order valence-corrected chi connectivity index (χ3v) is 5.51. The summed E-state index contributed by atoms with van der Waals surface area (Å²) in [4.78, 5) is 0. The molecular weight excluding hydrogens is 360 g/mol.